The van der Waals surface area contributed by atoms with Gasteiger partial charge in [0.25, 0.3) is 0 Å². The number of nitrogens with one attached hydrogen (secondary N) is 1. The van der Waals surface area contributed by atoms with Crippen LogP contribution in [0.5, 0.6) is 0 Å². The molecule has 1 fully saturated rings. The number of hydrogen-bond donors (Lipinski definition) is 1. The Morgan fingerprint density at radius 2 is 1.43 bits per heavy atom. The molecule has 0 aliphatic carbocycles. The summed E-state index contributed by atoms with van der Waals surface area (Å²) in [5.74, 6) is 0. The molecule has 0 saturated carbocycles. The van der Waals surface area contributed by atoms with Crippen molar-refractivity contribution in [1.82, 2.24) is 5.32 Å². The van der Waals surface area contributed by atoms with Crippen molar-refractivity contribution in [2.24, 2.45) is 0 Å². The van der Waals surface area contributed by atoms with Crippen LogP contribution in [0.15, 0.2) is 60.7 Å². The standard InChI is InChI=1S/C19H23NO/c1-3-8-16(9-4-1)19(17-10-5-2-6-11-17)20-18-12-7-14-21-15-13-18/h1-6,8-11,18-20H,7,12-15H2. The van der Waals surface area contributed by atoms with E-state index in [9.17, 15) is 0 Å². The maximum absolute atomic E-state index is 5.58. The van der Waals surface area contributed by atoms with E-state index in [-0.39, 0.29) is 6.04 Å². The molecule has 0 radical (unpaired) electrons. The van der Waals surface area contributed by atoms with Crippen LogP contribution in [0.2, 0.25) is 0 Å². The van der Waals surface area contributed by atoms with Crippen LogP contribution in [0.3, 0.4) is 0 Å². The third kappa shape index (κ3) is 3.93. The molecule has 1 aliphatic rings. The van der Waals surface area contributed by atoms with Gasteiger partial charge < -0.3 is 10.1 Å². The lowest BCUT2D eigenvalue weighted by Crippen LogP contribution is -2.33. The Hall–Kier alpha value is -1.64. The van der Waals surface area contributed by atoms with Gasteiger partial charge in [-0.2, -0.15) is 0 Å². The summed E-state index contributed by atoms with van der Waals surface area (Å²) in [5.41, 5.74) is 2.66. The molecule has 110 valence electrons. The lowest BCUT2D eigenvalue weighted by Gasteiger charge is -2.25. The number of ether oxygens (including phenoxy) is 1. The Kier molecular flexibility index (Phi) is 5.03. The number of benzene rings is 2. The molecule has 1 unspecified atom stereocenters. The molecule has 2 aromatic carbocycles. The first-order chi connectivity index (χ1) is 10.4. The molecule has 1 N–H and O–H groups in total. The minimum absolute atomic E-state index is 0.260. The van der Waals surface area contributed by atoms with E-state index < -0.39 is 0 Å². The van der Waals surface area contributed by atoms with Crippen LogP contribution in [0.1, 0.15) is 36.4 Å². The van der Waals surface area contributed by atoms with Gasteiger partial charge in [-0.3, -0.25) is 0 Å². The second kappa shape index (κ2) is 7.39. The minimum Gasteiger partial charge on any atom is -0.381 e. The van der Waals surface area contributed by atoms with E-state index in [0.29, 0.717) is 6.04 Å². The quantitative estimate of drug-likeness (QED) is 0.916. The third-order valence-corrected chi connectivity index (χ3v) is 4.12. The van der Waals surface area contributed by atoms with E-state index in [1.165, 1.54) is 17.5 Å². The summed E-state index contributed by atoms with van der Waals surface area (Å²) in [6.45, 7) is 1.77. The lowest BCUT2D eigenvalue weighted by molar-refractivity contribution is 0.142. The Bertz CT molecular complexity index is 478. The van der Waals surface area contributed by atoms with Gasteiger partial charge in [-0.1, -0.05) is 60.7 Å². The van der Waals surface area contributed by atoms with Gasteiger partial charge in [-0.15, -0.1) is 0 Å². The van der Waals surface area contributed by atoms with Gasteiger partial charge in [0.05, 0.1) is 6.04 Å². The second-order valence-corrected chi connectivity index (χ2v) is 5.66. The van der Waals surface area contributed by atoms with Crippen molar-refractivity contribution in [3.05, 3.63) is 71.8 Å². The molecule has 2 aromatic rings. The highest BCUT2D eigenvalue weighted by molar-refractivity contribution is 5.31. The summed E-state index contributed by atoms with van der Waals surface area (Å²) in [4.78, 5) is 0. The van der Waals surface area contributed by atoms with E-state index in [4.69, 9.17) is 4.74 Å². The minimum atomic E-state index is 0.260. The summed E-state index contributed by atoms with van der Waals surface area (Å²) in [5, 5.41) is 3.85. The van der Waals surface area contributed by atoms with Crippen LogP contribution in [0.25, 0.3) is 0 Å². The van der Waals surface area contributed by atoms with Crippen LogP contribution in [-0.4, -0.2) is 19.3 Å². The van der Waals surface area contributed by atoms with Gasteiger partial charge in [0.2, 0.25) is 0 Å². The molecule has 21 heavy (non-hydrogen) atoms. The average molecular weight is 281 g/mol. The van der Waals surface area contributed by atoms with Gasteiger partial charge >= 0.3 is 0 Å². The van der Waals surface area contributed by atoms with E-state index >= 15 is 0 Å². The molecular formula is C19H23NO. The van der Waals surface area contributed by atoms with Gasteiger partial charge in [-0.25, -0.2) is 0 Å². The Balaban J connectivity index is 1.82. The zero-order chi connectivity index (χ0) is 14.3. The molecule has 1 saturated heterocycles. The van der Waals surface area contributed by atoms with E-state index in [0.717, 1.165) is 26.1 Å². The molecule has 0 bridgehead atoms. The first-order valence-corrected chi connectivity index (χ1v) is 7.87. The first-order valence-electron chi connectivity index (χ1n) is 7.87. The second-order valence-electron chi connectivity index (χ2n) is 5.66. The summed E-state index contributed by atoms with van der Waals surface area (Å²) in [6, 6.07) is 22.2. The van der Waals surface area contributed by atoms with Crippen LogP contribution >= 0.6 is 0 Å². The molecule has 1 atom stereocenters. The zero-order valence-corrected chi connectivity index (χ0v) is 12.4. The van der Waals surface area contributed by atoms with Crippen LogP contribution in [0, 0.1) is 0 Å². The van der Waals surface area contributed by atoms with Crippen molar-refractivity contribution in [3.63, 3.8) is 0 Å². The van der Waals surface area contributed by atoms with Gasteiger partial charge in [0, 0.05) is 19.3 Å². The average Bonchev–Trinajstić information content (AvgIpc) is 2.83. The molecule has 0 amide bonds. The highest BCUT2D eigenvalue weighted by atomic mass is 16.5. The van der Waals surface area contributed by atoms with Crippen LogP contribution in [-0.2, 0) is 4.74 Å². The van der Waals surface area contributed by atoms with Gasteiger partial charge in [-0.05, 0) is 30.4 Å². The molecule has 2 nitrogen and oxygen atoms in total. The molecule has 1 aliphatic heterocycles. The van der Waals surface area contributed by atoms with Crippen molar-refractivity contribution in [2.45, 2.75) is 31.3 Å². The SMILES string of the molecule is c1ccc(C(NC2CCCOCC2)c2ccccc2)cc1. The van der Waals surface area contributed by atoms with Gasteiger partial charge in [0.15, 0.2) is 0 Å². The van der Waals surface area contributed by atoms with Crippen molar-refractivity contribution >= 4 is 0 Å². The predicted octanol–water partition coefficient (Wildman–Crippen LogP) is 3.93. The van der Waals surface area contributed by atoms with Gasteiger partial charge in [0.1, 0.15) is 0 Å². The smallest absolute Gasteiger partial charge is 0.0578 e. The highest BCUT2D eigenvalue weighted by Crippen LogP contribution is 2.24. The van der Waals surface area contributed by atoms with Crippen molar-refractivity contribution < 1.29 is 4.74 Å². The van der Waals surface area contributed by atoms with Crippen molar-refractivity contribution in [2.75, 3.05) is 13.2 Å². The highest BCUT2D eigenvalue weighted by Gasteiger charge is 2.19. The number of rotatable bonds is 4. The molecule has 3 rings (SSSR count). The van der Waals surface area contributed by atoms with Crippen LogP contribution < -0.4 is 5.32 Å². The third-order valence-electron chi connectivity index (χ3n) is 4.12. The summed E-state index contributed by atoms with van der Waals surface area (Å²) in [6.07, 6.45) is 3.43. The number of hydrogen-bond acceptors (Lipinski definition) is 2. The van der Waals surface area contributed by atoms with Crippen LogP contribution in [0.4, 0.5) is 0 Å². The molecule has 2 heteroatoms. The monoisotopic (exact) mass is 281 g/mol. The molecule has 1 heterocycles. The maximum atomic E-state index is 5.58. The summed E-state index contributed by atoms with van der Waals surface area (Å²) in [7, 11) is 0. The summed E-state index contributed by atoms with van der Waals surface area (Å²) >= 11 is 0. The molecule has 0 spiro atoms. The maximum Gasteiger partial charge on any atom is 0.0578 e. The van der Waals surface area contributed by atoms with E-state index in [1.807, 2.05) is 0 Å². The van der Waals surface area contributed by atoms with Crippen molar-refractivity contribution in [1.29, 1.82) is 0 Å². The molecule has 0 aromatic heterocycles. The Labute approximate surface area is 127 Å². The zero-order valence-electron chi connectivity index (χ0n) is 12.4. The lowest BCUT2D eigenvalue weighted by atomic mass is 9.96. The fourth-order valence-corrected chi connectivity index (χ4v) is 2.98. The van der Waals surface area contributed by atoms with E-state index in [1.54, 1.807) is 0 Å². The first kappa shape index (κ1) is 14.3. The summed E-state index contributed by atoms with van der Waals surface area (Å²) < 4.78 is 5.58. The normalized spacial score (nSPS) is 19.4. The topological polar surface area (TPSA) is 21.3 Å². The Morgan fingerprint density at radius 3 is 2.05 bits per heavy atom. The Morgan fingerprint density at radius 1 is 0.810 bits per heavy atom. The van der Waals surface area contributed by atoms with E-state index in [2.05, 4.69) is 66.0 Å². The van der Waals surface area contributed by atoms with Crippen molar-refractivity contribution in [3.8, 4) is 0 Å². The fraction of sp³-hybridized carbons (Fsp3) is 0.368. The largest absolute Gasteiger partial charge is 0.381 e. The molecular weight excluding hydrogens is 258 g/mol. The fourth-order valence-electron chi connectivity index (χ4n) is 2.98. The predicted molar refractivity (Wildman–Crippen MR) is 86.3 cm³/mol.